The van der Waals surface area contributed by atoms with E-state index >= 15 is 0 Å². The topological polar surface area (TPSA) is 100 Å². The molecule has 0 aliphatic carbocycles. The number of pyridine rings is 1. The number of hydrogen-bond donors (Lipinski definition) is 2. The van der Waals surface area contributed by atoms with Gasteiger partial charge in [-0.3, -0.25) is 19.9 Å². The molecule has 0 saturated carbocycles. The number of halogens is 1. The van der Waals surface area contributed by atoms with Gasteiger partial charge in [0.2, 0.25) is 0 Å². The molecule has 35 heavy (non-hydrogen) atoms. The Balaban J connectivity index is 1.78. The Labute approximate surface area is 207 Å². The highest BCUT2D eigenvalue weighted by Gasteiger charge is 2.30. The minimum atomic E-state index is -0.552. The molecule has 2 heterocycles. The summed E-state index contributed by atoms with van der Waals surface area (Å²) in [6.07, 6.45) is 1.59. The van der Waals surface area contributed by atoms with Crippen molar-refractivity contribution in [3.05, 3.63) is 83.1 Å². The Morgan fingerprint density at radius 1 is 1.14 bits per heavy atom. The largest absolute Gasteiger partial charge is 0.495 e. The number of ether oxygens (including phenoxy) is 1. The van der Waals surface area contributed by atoms with Crippen LogP contribution in [0.4, 0.5) is 11.5 Å². The summed E-state index contributed by atoms with van der Waals surface area (Å²) >= 11 is 6.22. The van der Waals surface area contributed by atoms with Gasteiger partial charge in [0.25, 0.3) is 11.8 Å². The van der Waals surface area contributed by atoms with E-state index in [2.05, 4.69) is 10.3 Å². The van der Waals surface area contributed by atoms with E-state index in [4.69, 9.17) is 21.7 Å². The lowest BCUT2D eigenvalue weighted by Crippen LogP contribution is -2.38. The van der Waals surface area contributed by atoms with Crippen LogP contribution in [0.15, 0.2) is 66.9 Å². The summed E-state index contributed by atoms with van der Waals surface area (Å²) in [6, 6.07) is 17.4. The van der Waals surface area contributed by atoms with Crippen molar-refractivity contribution in [3.8, 4) is 5.75 Å². The first-order valence-corrected chi connectivity index (χ1v) is 11.3. The van der Waals surface area contributed by atoms with Crippen LogP contribution < -0.4 is 15.0 Å². The average Bonchev–Trinajstić information content (AvgIpc) is 3.17. The molecule has 2 amide bonds. The third-order valence-electron chi connectivity index (χ3n) is 5.68. The van der Waals surface area contributed by atoms with Crippen molar-refractivity contribution in [2.45, 2.75) is 6.92 Å². The number of likely N-dealkylation sites (N-methyl/N-ethyl adjacent to an activating group) is 1. The maximum absolute atomic E-state index is 13.5. The number of aryl methyl sites for hydroxylation is 1. The predicted molar refractivity (Wildman–Crippen MR) is 138 cm³/mol. The zero-order valence-corrected chi connectivity index (χ0v) is 20.3. The Bertz CT molecular complexity index is 1430. The molecule has 0 unspecified atom stereocenters. The van der Waals surface area contributed by atoms with Crippen molar-refractivity contribution in [2.24, 2.45) is 7.05 Å². The van der Waals surface area contributed by atoms with Crippen LogP contribution in [0.5, 0.6) is 5.75 Å². The van der Waals surface area contributed by atoms with Gasteiger partial charge in [-0.05, 0) is 43.3 Å². The molecule has 0 radical (unpaired) electrons. The van der Waals surface area contributed by atoms with Crippen molar-refractivity contribution >= 4 is 51.5 Å². The molecule has 2 N–H and O–H groups in total. The van der Waals surface area contributed by atoms with Crippen LogP contribution in [0.3, 0.4) is 0 Å². The first-order chi connectivity index (χ1) is 16.9. The number of nitrogens with zero attached hydrogens (tertiary/aromatic N) is 3. The number of hydrogen-bond acceptors (Lipinski definition) is 5. The first-order valence-electron chi connectivity index (χ1n) is 10.9. The Kier molecular flexibility index (Phi) is 6.84. The number of benzene rings is 2. The number of para-hydroxylation sites is 1. The van der Waals surface area contributed by atoms with E-state index in [9.17, 15) is 9.59 Å². The van der Waals surface area contributed by atoms with Crippen molar-refractivity contribution in [1.29, 1.82) is 5.41 Å². The summed E-state index contributed by atoms with van der Waals surface area (Å²) in [5.41, 5.74) is 1.32. The van der Waals surface area contributed by atoms with Crippen molar-refractivity contribution in [3.63, 3.8) is 0 Å². The van der Waals surface area contributed by atoms with E-state index in [1.54, 1.807) is 60.3 Å². The van der Waals surface area contributed by atoms with Crippen LogP contribution in [0.25, 0.3) is 10.9 Å². The Morgan fingerprint density at radius 3 is 2.54 bits per heavy atom. The highest BCUT2D eigenvalue weighted by molar-refractivity contribution is 6.51. The number of amides is 2. The minimum absolute atomic E-state index is 0.188. The third kappa shape index (κ3) is 4.48. The highest BCUT2D eigenvalue weighted by atomic mass is 35.5. The third-order valence-corrected chi connectivity index (χ3v) is 5.98. The van der Waals surface area contributed by atoms with Gasteiger partial charge in [0.05, 0.1) is 12.1 Å². The fourth-order valence-corrected chi connectivity index (χ4v) is 4.27. The number of nitrogens with one attached hydrogen (secondary N) is 2. The van der Waals surface area contributed by atoms with Gasteiger partial charge < -0.3 is 14.6 Å². The van der Waals surface area contributed by atoms with Crippen LogP contribution >= 0.6 is 11.6 Å². The molecule has 0 aliphatic heterocycles. The maximum Gasteiger partial charge on any atom is 0.278 e. The molecule has 178 valence electrons. The molecule has 0 atom stereocenters. The number of carbonyl (C=O) groups is 2. The second-order valence-electron chi connectivity index (χ2n) is 7.72. The Morgan fingerprint density at radius 2 is 1.89 bits per heavy atom. The molecule has 9 heteroatoms. The lowest BCUT2D eigenvalue weighted by atomic mass is 10.0. The molecule has 0 spiro atoms. The summed E-state index contributed by atoms with van der Waals surface area (Å²) in [6.45, 7) is 2.12. The lowest BCUT2D eigenvalue weighted by molar-refractivity contribution is -0.112. The van der Waals surface area contributed by atoms with E-state index in [-0.39, 0.29) is 17.0 Å². The van der Waals surface area contributed by atoms with E-state index in [1.807, 2.05) is 25.1 Å². The molecule has 2 aromatic carbocycles. The summed E-state index contributed by atoms with van der Waals surface area (Å²) in [5.74, 6) is -0.108. The van der Waals surface area contributed by atoms with Crippen molar-refractivity contribution < 1.29 is 14.3 Å². The van der Waals surface area contributed by atoms with Gasteiger partial charge in [-0.2, -0.15) is 0 Å². The lowest BCUT2D eigenvalue weighted by Gasteiger charge is -2.20. The number of aromatic nitrogens is 2. The monoisotopic (exact) mass is 489 g/mol. The summed E-state index contributed by atoms with van der Waals surface area (Å²) < 4.78 is 6.86. The van der Waals surface area contributed by atoms with Crippen LogP contribution in [0.2, 0.25) is 5.02 Å². The molecular weight excluding hydrogens is 466 g/mol. The second-order valence-corrected chi connectivity index (χ2v) is 8.12. The molecular formula is C26H24ClN5O3. The van der Waals surface area contributed by atoms with E-state index < -0.39 is 11.8 Å². The summed E-state index contributed by atoms with van der Waals surface area (Å²) in [4.78, 5) is 32.6. The molecule has 0 fully saturated rings. The average molecular weight is 490 g/mol. The molecule has 4 aromatic rings. The normalized spacial score (nSPS) is 10.7. The standard InChI is InChI=1S/C26H24ClN5O3/c1-4-32(21-11-7-8-14-29-21)26(34)23(28)22-17-9-5-6-10-19(17)31(2)24(22)25(33)30-16-12-13-20(35-3)18(27)15-16/h5-15,28H,4H2,1-3H3,(H,30,33). The van der Waals surface area contributed by atoms with Crippen LogP contribution in [0, 0.1) is 5.41 Å². The van der Waals surface area contributed by atoms with Gasteiger partial charge in [-0.15, -0.1) is 0 Å². The number of anilines is 2. The summed E-state index contributed by atoms with van der Waals surface area (Å²) in [7, 11) is 3.24. The SMILES string of the molecule is CCN(C(=O)C(=N)c1c(C(=O)Nc2ccc(OC)c(Cl)c2)n(C)c2ccccc12)c1ccccn1. The van der Waals surface area contributed by atoms with Crippen molar-refractivity contribution in [2.75, 3.05) is 23.9 Å². The van der Waals surface area contributed by atoms with Gasteiger partial charge in [-0.1, -0.05) is 35.9 Å². The second kappa shape index (κ2) is 9.99. The highest BCUT2D eigenvalue weighted by Crippen LogP contribution is 2.30. The molecule has 2 aromatic heterocycles. The van der Waals surface area contributed by atoms with Crippen LogP contribution in [-0.2, 0) is 11.8 Å². The fraction of sp³-hybridized carbons (Fsp3) is 0.154. The van der Waals surface area contributed by atoms with Crippen molar-refractivity contribution in [1.82, 2.24) is 9.55 Å². The van der Waals surface area contributed by atoms with Gasteiger partial charge >= 0.3 is 0 Å². The zero-order chi connectivity index (χ0) is 25.1. The summed E-state index contributed by atoms with van der Waals surface area (Å²) in [5, 5.41) is 12.7. The van der Waals surface area contributed by atoms with Gasteiger partial charge in [0.1, 0.15) is 23.0 Å². The smallest absolute Gasteiger partial charge is 0.278 e. The predicted octanol–water partition coefficient (Wildman–Crippen LogP) is 4.91. The molecule has 0 bridgehead atoms. The van der Waals surface area contributed by atoms with Crippen LogP contribution in [0.1, 0.15) is 23.0 Å². The molecule has 8 nitrogen and oxygen atoms in total. The Hall–Kier alpha value is -4.17. The fourth-order valence-electron chi connectivity index (χ4n) is 4.01. The first kappa shape index (κ1) is 24.0. The number of rotatable bonds is 7. The van der Waals surface area contributed by atoms with E-state index in [1.165, 1.54) is 12.0 Å². The van der Waals surface area contributed by atoms with Gasteiger partial charge in [0.15, 0.2) is 0 Å². The number of fused-ring (bicyclic) bond motifs is 1. The molecule has 0 saturated heterocycles. The number of carbonyl (C=O) groups excluding carboxylic acids is 2. The maximum atomic E-state index is 13.5. The molecule has 4 rings (SSSR count). The minimum Gasteiger partial charge on any atom is -0.495 e. The van der Waals surface area contributed by atoms with E-state index in [0.717, 1.165) is 5.52 Å². The van der Waals surface area contributed by atoms with Gasteiger partial charge in [-0.25, -0.2) is 4.98 Å². The number of methoxy groups -OCH3 is 1. The quantitative estimate of drug-likeness (QED) is 0.360. The molecule has 0 aliphatic rings. The van der Waals surface area contributed by atoms with Crippen LogP contribution in [-0.4, -0.2) is 40.7 Å². The van der Waals surface area contributed by atoms with E-state index in [0.29, 0.717) is 34.2 Å². The zero-order valence-electron chi connectivity index (χ0n) is 19.5. The van der Waals surface area contributed by atoms with Gasteiger partial charge in [0, 0.05) is 41.9 Å².